The summed E-state index contributed by atoms with van der Waals surface area (Å²) in [6, 6.07) is 14.0. The van der Waals surface area contributed by atoms with E-state index in [0.29, 0.717) is 22.6 Å². The third-order valence-corrected chi connectivity index (χ3v) is 4.58. The number of benzene rings is 2. The maximum atomic E-state index is 11.1. The fraction of sp³-hybridized carbons (Fsp3) is 0.105. The van der Waals surface area contributed by atoms with E-state index in [1.165, 1.54) is 18.4 Å². The number of amides is 1. The summed E-state index contributed by atoms with van der Waals surface area (Å²) < 4.78 is 11.0. The second-order valence-corrected chi connectivity index (χ2v) is 6.21. The predicted molar refractivity (Wildman–Crippen MR) is 98.1 cm³/mol. The fourth-order valence-corrected chi connectivity index (χ4v) is 3.10. The van der Waals surface area contributed by atoms with Crippen LogP contribution >= 0.6 is 11.3 Å². The molecule has 130 valence electrons. The number of carbonyl (C=O) groups is 1. The van der Waals surface area contributed by atoms with Crippen molar-refractivity contribution in [1.29, 1.82) is 5.26 Å². The number of thiazole rings is 1. The van der Waals surface area contributed by atoms with Crippen molar-refractivity contribution in [3.8, 4) is 28.1 Å². The molecule has 0 aliphatic carbocycles. The quantitative estimate of drug-likeness (QED) is 0.722. The predicted octanol–water partition coefficient (Wildman–Crippen LogP) is 3.37. The smallest absolute Gasteiger partial charge is 0.248 e. The van der Waals surface area contributed by atoms with E-state index in [2.05, 4.69) is 11.1 Å². The molecule has 0 saturated heterocycles. The molecule has 0 fully saturated rings. The van der Waals surface area contributed by atoms with Gasteiger partial charge in [-0.3, -0.25) is 4.79 Å². The Hall–Kier alpha value is -3.37. The Morgan fingerprint density at radius 3 is 2.65 bits per heavy atom. The Morgan fingerprint density at radius 2 is 2.00 bits per heavy atom. The average molecular weight is 365 g/mol. The lowest BCUT2D eigenvalue weighted by molar-refractivity contribution is 0.100. The maximum absolute atomic E-state index is 11.1. The SMILES string of the molecule is COc1cc(C#N)ccc1OCc1csc(-c2ccc(C(N)=O)cc2)n1. The van der Waals surface area contributed by atoms with Gasteiger partial charge in [0, 0.05) is 22.6 Å². The van der Waals surface area contributed by atoms with Crippen molar-refractivity contribution in [3.63, 3.8) is 0 Å². The molecule has 1 heterocycles. The zero-order valence-electron chi connectivity index (χ0n) is 13.9. The molecular formula is C19H15N3O3S. The van der Waals surface area contributed by atoms with Crippen LogP contribution in [0.3, 0.4) is 0 Å². The van der Waals surface area contributed by atoms with Gasteiger partial charge in [-0.1, -0.05) is 12.1 Å². The number of nitrogens with zero attached hydrogens (tertiary/aromatic N) is 2. The van der Waals surface area contributed by atoms with Gasteiger partial charge in [0.1, 0.15) is 11.6 Å². The highest BCUT2D eigenvalue weighted by molar-refractivity contribution is 7.13. The van der Waals surface area contributed by atoms with Gasteiger partial charge in [-0.25, -0.2) is 4.98 Å². The summed E-state index contributed by atoms with van der Waals surface area (Å²) in [5, 5.41) is 11.7. The molecule has 2 aromatic carbocycles. The van der Waals surface area contributed by atoms with Gasteiger partial charge in [0.2, 0.25) is 5.91 Å². The van der Waals surface area contributed by atoms with Crippen LogP contribution in [0.2, 0.25) is 0 Å². The molecule has 6 nitrogen and oxygen atoms in total. The van der Waals surface area contributed by atoms with Crippen molar-refractivity contribution in [1.82, 2.24) is 4.98 Å². The van der Waals surface area contributed by atoms with Crippen LogP contribution in [-0.4, -0.2) is 18.0 Å². The molecule has 0 spiro atoms. The largest absolute Gasteiger partial charge is 0.493 e. The van der Waals surface area contributed by atoms with Gasteiger partial charge < -0.3 is 15.2 Å². The summed E-state index contributed by atoms with van der Waals surface area (Å²) >= 11 is 1.49. The van der Waals surface area contributed by atoms with Gasteiger partial charge in [-0.15, -0.1) is 11.3 Å². The molecule has 7 heteroatoms. The number of hydrogen-bond acceptors (Lipinski definition) is 6. The Labute approximate surface area is 154 Å². The highest BCUT2D eigenvalue weighted by atomic mass is 32.1. The first-order chi connectivity index (χ1) is 12.6. The van der Waals surface area contributed by atoms with Gasteiger partial charge in [0.25, 0.3) is 0 Å². The number of hydrogen-bond donors (Lipinski definition) is 1. The summed E-state index contributed by atoms with van der Waals surface area (Å²) in [7, 11) is 1.53. The van der Waals surface area contributed by atoms with Crippen LogP contribution < -0.4 is 15.2 Å². The van der Waals surface area contributed by atoms with Crippen molar-refractivity contribution < 1.29 is 14.3 Å². The number of carbonyl (C=O) groups excluding carboxylic acids is 1. The minimum Gasteiger partial charge on any atom is -0.493 e. The van der Waals surface area contributed by atoms with Gasteiger partial charge in [-0.05, 0) is 24.3 Å². The number of nitriles is 1. The molecule has 1 amide bonds. The lowest BCUT2D eigenvalue weighted by Gasteiger charge is -2.09. The van der Waals surface area contributed by atoms with E-state index in [9.17, 15) is 4.79 Å². The van der Waals surface area contributed by atoms with E-state index in [0.717, 1.165) is 16.3 Å². The first-order valence-electron chi connectivity index (χ1n) is 7.66. The molecule has 3 rings (SSSR count). The van der Waals surface area contributed by atoms with Crippen LogP contribution in [0.1, 0.15) is 21.6 Å². The molecule has 0 saturated carbocycles. The molecular weight excluding hydrogens is 350 g/mol. The third kappa shape index (κ3) is 3.82. The van der Waals surface area contributed by atoms with Crippen molar-refractivity contribution >= 4 is 17.2 Å². The third-order valence-electron chi connectivity index (χ3n) is 3.64. The van der Waals surface area contributed by atoms with Gasteiger partial charge >= 0.3 is 0 Å². The van der Waals surface area contributed by atoms with E-state index in [-0.39, 0.29) is 6.61 Å². The van der Waals surface area contributed by atoms with Crippen LogP contribution in [-0.2, 0) is 6.61 Å². The summed E-state index contributed by atoms with van der Waals surface area (Å²) in [4.78, 5) is 15.7. The summed E-state index contributed by atoms with van der Waals surface area (Å²) in [6.45, 7) is 0.276. The van der Waals surface area contributed by atoms with Crippen molar-refractivity contribution in [2.24, 2.45) is 5.73 Å². The van der Waals surface area contributed by atoms with Gasteiger partial charge in [0.05, 0.1) is 24.4 Å². The molecule has 3 aromatic rings. The standard InChI is InChI=1S/C19H15N3O3S/c1-24-17-8-12(9-20)2-7-16(17)25-10-15-11-26-19(22-15)14-5-3-13(4-6-14)18(21)23/h2-8,11H,10H2,1H3,(H2,21,23). The Kier molecular flexibility index (Phi) is 5.15. The summed E-state index contributed by atoms with van der Waals surface area (Å²) in [5.41, 5.74) is 7.89. The second-order valence-electron chi connectivity index (χ2n) is 5.35. The number of primary amides is 1. The molecule has 2 N–H and O–H groups in total. The number of nitrogens with two attached hydrogens (primary N) is 1. The van der Waals surface area contributed by atoms with Gasteiger partial charge in [0.15, 0.2) is 11.5 Å². The zero-order valence-corrected chi connectivity index (χ0v) is 14.7. The molecule has 0 radical (unpaired) electrons. The number of aromatic nitrogens is 1. The van der Waals surface area contributed by atoms with Crippen LogP contribution in [0, 0.1) is 11.3 Å². The van der Waals surface area contributed by atoms with Crippen molar-refractivity contribution in [3.05, 3.63) is 64.7 Å². The first kappa shape index (κ1) is 17.5. The molecule has 0 aliphatic rings. The molecule has 0 bridgehead atoms. The summed E-state index contributed by atoms with van der Waals surface area (Å²) in [6.07, 6.45) is 0. The molecule has 0 unspecified atom stereocenters. The lowest BCUT2D eigenvalue weighted by Crippen LogP contribution is -2.10. The number of methoxy groups -OCH3 is 1. The van der Waals surface area contributed by atoms with E-state index in [1.807, 2.05) is 17.5 Å². The topological polar surface area (TPSA) is 98.2 Å². The van der Waals surface area contributed by atoms with Crippen LogP contribution in [0.25, 0.3) is 10.6 Å². The summed E-state index contributed by atoms with van der Waals surface area (Å²) in [5.74, 6) is 0.592. The van der Waals surface area contributed by atoms with Crippen molar-refractivity contribution in [2.75, 3.05) is 7.11 Å². The molecule has 0 atom stereocenters. The van der Waals surface area contributed by atoms with Crippen molar-refractivity contribution in [2.45, 2.75) is 6.61 Å². The Morgan fingerprint density at radius 1 is 1.23 bits per heavy atom. The second kappa shape index (κ2) is 7.68. The average Bonchev–Trinajstić information content (AvgIpc) is 3.15. The monoisotopic (exact) mass is 365 g/mol. The van der Waals surface area contributed by atoms with E-state index < -0.39 is 5.91 Å². The van der Waals surface area contributed by atoms with Gasteiger partial charge in [-0.2, -0.15) is 5.26 Å². The fourth-order valence-electron chi connectivity index (χ4n) is 2.29. The molecule has 1 aromatic heterocycles. The first-order valence-corrected chi connectivity index (χ1v) is 8.54. The van der Waals surface area contributed by atoms with E-state index in [1.54, 1.807) is 30.3 Å². The number of rotatable bonds is 6. The highest BCUT2D eigenvalue weighted by Gasteiger charge is 2.09. The van der Waals surface area contributed by atoms with Crippen LogP contribution in [0.4, 0.5) is 0 Å². The Bertz CT molecular complexity index is 974. The zero-order chi connectivity index (χ0) is 18.5. The van der Waals surface area contributed by atoms with Crippen LogP contribution in [0.5, 0.6) is 11.5 Å². The maximum Gasteiger partial charge on any atom is 0.248 e. The van der Waals surface area contributed by atoms with E-state index >= 15 is 0 Å². The van der Waals surface area contributed by atoms with Crippen LogP contribution in [0.15, 0.2) is 47.8 Å². The van der Waals surface area contributed by atoms with E-state index in [4.69, 9.17) is 20.5 Å². The minimum atomic E-state index is -0.457. The lowest BCUT2D eigenvalue weighted by atomic mass is 10.1. The normalized spacial score (nSPS) is 10.2. The highest BCUT2D eigenvalue weighted by Crippen LogP contribution is 2.29. The Balaban J connectivity index is 1.71. The molecule has 26 heavy (non-hydrogen) atoms. The minimum absolute atomic E-state index is 0.276. The molecule has 0 aliphatic heterocycles. The number of ether oxygens (including phenoxy) is 2.